The first-order valence-electron chi connectivity index (χ1n) is 20.1. The smallest absolute Gasteiger partial charge is 0.0686 e. The van der Waals surface area contributed by atoms with Crippen LogP contribution in [0.25, 0.3) is 66.8 Å². The van der Waals surface area contributed by atoms with E-state index in [1.165, 1.54) is 105 Å². The monoisotopic (exact) mass is 722 g/mol. The van der Waals surface area contributed by atoms with Crippen molar-refractivity contribution in [3.8, 4) is 66.8 Å². The average Bonchev–Trinajstić information content (AvgIpc) is 3.85. The topological polar surface area (TPSA) is 0 Å². The Morgan fingerprint density at radius 1 is 0.228 bits per heavy atom. The molecule has 0 N–H and O–H groups in total. The van der Waals surface area contributed by atoms with Crippen molar-refractivity contribution in [3.63, 3.8) is 0 Å². The van der Waals surface area contributed by atoms with E-state index in [4.69, 9.17) is 0 Å². The van der Waals surface area contributed by atoms with Crippen molar-refractivity contribution in [2.45, 2.75) is 12.8 Å². The van der Waals surface area contributed by atoms with Crippen LogP contribution in [0, 0.1) is 0 Å². The fourth-order valence-corrected chi connectivity index (χ4v) is 9.27. The molecule has 0 spiro atoms. The van der Waals surface area contributed by atoms with Crippen molar-refractivity contribution < 1.29 is 0 Å². The lowest BCUT2D eigenvalue weighted by Gasteiger charge is -2.18. The van der Waals surface area contributed by atoms with Gasteiger partial charge in [0.05, 0.1) is 0 Å². The van der Waals surface area contributed by atoms with E-state index >= 15 is 0 Å². The number of rotatable bonds is 7. The van der Waals surface area contributed by atoms with Crippen LogP contribution in [-0.2, 0) is 12.8 Å². The number of benzene rings is 9. The number of hydrogen-bond donors (Lipinski definition) is 0. The van der Waals surface area contributed by atoms with Gasteiger partial charge in [-0.05, 0) is 114 Å². The highest BCUT2D eigenvalue weighted by Gasteiger charge is 2.24. The molecule has 0 fully saturated rings. The maximum Gasteiger partial charge on any atom is 0.241 e. The molecule has 9 aromatic carbocycles. The van der Waals surface area contributed by atoms with Crippen molar-refractivity contribution in [1.29, 1.82) is 0 Å². The first-order valence-corrected chi connectivity index (χ1v) is 20.1. The minimum atomic E-state index is 0.0846. The van der Waals surface area contributed by atoms with Gasteiger partial charge in [0.2, 0.25) is 6.71 Å². The van der Waals surface area contributed by atoms with Crippen LogP contribution in [0.1, 0.15) is 22.3 Å². The van der Waals surface area contributed by atoms with Crippen LogP contribution in [0.4, 0.5) is 0 Å². The molecule has 2 aliphatic carbocycles. The maximum absolute atomic E-state index is 2.38. The lowest BCUT2D eigenvalue weighted by Crippen LogP contribution is -2.51. The summed E-state index contributed by atoms with van der Waals surface area (Å²) >= 11 is 0. The van der Waals surface area contributed by atoms with Gasteiger partial charge in [-0.3, -0.25) is 0 Å². The summed E-state index contributed by atoms with van der Waals surface area (Å²) in [5, 5.41) is 0. The second kappa shape index (κ2) is 14.0. The fraction of sp³-hybridized carbons (Fsp3) is 0.0357. The molecule has 0 amide bonds. The van der Waals surface area contributed by atoms with E-state index in [0.29, 0.717) is 0 Å². The predicted octanol–water partition coefficient (Wildman–Crippen LogP) is 12.0. The summed E-state index contributed by atoms with van der Waals surface area (Å²) < 4.78 is 0. The van der Waals surface area contributed by atoms with Gasteiger partial charge in [0, 0.05) is 0 Å². The van der Waals surface area contributed by atoms with Gasteiger partial charge in [-0.25, -0.2) is 0 Å². The Balaban J connectivity index is 0.931. The molecule has 0 atom stereocenters. The van der Waals surface area contributed by atoms with E-state index < -0.39 is 0 Å². The summed E-state index contributed by atoms with van der Waals surface area (Å²) in [5.74, 6) is 0. The normalized spacial score (nSPS) is 12.1. The van der Waals surface area contributed by atoms with E-state index in [9.17, 15) is 0 Å². The largest absolute Gasteiger partial charge is 0.241 e. The van der Waals surface area contributed by atoms with Crippen molar-refractivity contribution in [3.05, 3.63) is 235 Å². The zero-order chi connectivity index (χ0) is 37.7. The highest BCUT2D eigenvalue weighted by atomic mass is 14.2. The summed E-state index contributed by atoms with van der Waals surface area (Å²) in [6, 6.07) is 79.0. The van der Waals surface area contributed by atoms with E-state index in [2.05, 4.69) is 212 Å². The molecule has 11 rings (SSSR count). The van der Waals surface area contributed by atoms with Gasteiger partial charge in [0.15, 0.2) is 0 Å². The molecule has 9 aromatic rings. The molecule has 0 saturated heterocycles. The molecule has 0 nitrogen and oxygen atoms in total. The van der Waals surface area contributed by atoms with E-state index in [0.717, 1.165) is 12.8 Å². The van der Waals surface area contributed by atoms with Gasteiger partial charge in [0.25, 0.3) is 0 Å². The van der Waals surface area contributed by atoms with Crippen LogP contribution in [0.15, 0.2) is 212 Å². The highest BCUT2D eigenvalue weighted by molar-refractivity contribution is 6.95. The Morgan fingerprint density at radius 2 is 0.526 bits per heavy atom. The van der Waals surface area contributed by atoms with E-state index in [-0.39, 0.29) is 6.71 Å². The second-order valence-electron chi connectivity index (χ2n) is 15.7. The Morgan fingerprint density at radius 3 is 0.947 bits per heavy atom. The van der Waals surface area contributed by atoms with Gasteiger partial charge in [-0.2, -0.15) is 0 Å². The van der Waals surface area contributed by atoms with Crippen LogP contribution in [0.5, 0.6) is 0 Å². The van der Waals surface area contributed by atoms with E-state index in [1.807, 2.05) is 0 Å². The minimum Gasteiger partial charge on any atom is -0.0686 e. The van der Waals surface area contributed by atoms with Gasteiger partial charge in [-0.1, -0.05) is 217 Å². The van der Waals surface area contributed by atoms with Gasteiger partial charge in [-0.15, -0.1) is 0 Å². The Bertz CT molecular complexity index is 2760. The number of hydrogen-bond acceptors (Lipinski definition) is 0. The molecule has 0 saturated carbocycles. The molecule has 1 heteroatoms. The Kier molecular flexibility index (Phi) is 8.18. The molecule has 0 bridgehead atoms. The van der Waals surface area contributed by atoms with Gasteiger partial charge >= 0.3 is 0 Å². The van der Waals surface area contributed by atoms with Crippen molar-refractivity contribution in [2.24, 2.45) is 0 Å². The molecule has 0 aliphatic heterocycles. The van der Waals surface area contributed by atoms with Crippen LogP contribution < -0.4 is 16.4 Å². The quantitative estimate of drug-likeness (QED) is 0.144. The average molecular weight is 723 g/mol. The van der Waals surface area contributed by atoms with Crippen molar-refractivity contribution in [1.82, 2.24) is 0 Å². The SMILES string of the molecule is c1ccc(-c2ccc(-c3ccc(B(c4ccc(-c5ccc6c(c5)-c5ccccc5C6)cc4)c4ccc(-c5ccc6c(c5)-c5ccccc5C6)cc4)cc3)cc2)cc1. The maximum atomic E-state index is 2.38. The number of fused-ring (bicyclic) bond motifs is 6. The Hall–Kier alpha value is -6.96. The van der Waals surface area contributed by atoms with Crippen molar-refractivity contribution >= 4 is 23.1 Å². The predicted molar refractivity (Wildman–Crippen MR) is 242 cm³/mol. The summed E-state index contributed by atoms with van der Waals surface area (Å²) in [5.41, 5.74) is 24.9. The molecule has 57 heavy (non-hydrogen) atoms. The molecule has 0 unspecified atom stereocenters. The summed E-state index contributed by atoms with van der Waals surface area (Å²) in [6.45, 7) is 0.0846. The Labute approximate surface area is 335 Å². The first kappa shape index (κ1) is 33.4. The molecule has 266 valence electrons. The molecular formula is C56H39B. The first-order chi connectivity index (χ1) is 28.2. The molecule has 0 heterocycles. The van der Waals surface area contributed by atoms with Crippen LogP contribution >= 0.6 is 0 Å². The zero-order valence-electron chi connectivity index (χ0n) is 31.7. The summed E-state index contributed by atoms with van der Waals surface area (Å²) in [4.78, 5) is 0. The third-order valence-corrected chi connectivity index (χ3v) is 12.3. The van der Waals surface area contributed by atoms with E-state index in [1.54, 1.807) is 0 Å². The van der Waals surface area contributed by atoms with Gasteiger partial charge in [0.1, 0.15) is 0 Å². The van der Waals surface area contributed by atoms with Crippen molar-refractivity contribution in [2.75, 3.05) is 0 Å². The molecule has 0 aromatic heterocycles. The minimum absolute atomic E-state index is 0.0846. The molecule has 0 radical (unpaired) electrons. The molecule has 2 aliphatic rings. The van der Waals surface area contributed by atoms with Gasteiger partial charge < -0.3 is 0 Å². The standard InChI is InChI=1S/C56H39B/c1-2-8-38(9-3-1)39-14-16-40(17-15-39)41-22-28-50(29-23-41)57(51-30-24-42(25-31-51)44-18-20-48-34-46-10-4-6-12-53(46)55(48)36-44)52-32-26-43(27-33-52)45-19-21-49-35-47-11-5-7-13-54(47)56(49)37-45/h1-33,36-37H,34-35H2. The second-order valence-corrected chi connectivity index (χ2v) is 15.7. The molecular weight excluding hydrogens is 683 g/mol. The lowest BCUT2D eigenvalue weighted by atomic mass is 9.37. The third kappa shape index (κ3) is 6.13. The zero-order valence-corrected chi connectivity index (χ0v) is 31.7. The summed E-state index contributed by atoms with van der Waals surface area (Å²) in [6.07, 6.45) is 2.03. The fourth-order valence-electron chi connectivity index (χ4n) is 9.27. The lowest BCUT2D eigenvalue weighted by molar-refractivity contribution is 1.26. The van der Waals surface area contributed by atoms with Crippen LogP contribution in [-0.4, -0.2) is 6.71 Å². The summed E-state index contributed by atoms with van der Waals surface area (Å²) in [7, 11) is 0. The van der Waals surface area contributed by atoms with Crippen LogP contribution in [0.3, 0.4) is 0 Å². The van der Waals surface area contributed by atoms with Crippen LogP contribution in [0.2, 0.25) is 0 Å². The third-order valence-electron chi connectivity index (χ3n) is 12.3. The highest BCUT2D eigenvalue weighted by Crippen LogP contribution is 2.40.